The number of hydrogen-bond donors (Lipinski definition) is 1. The zero-order valence-electron chi connectivity index (χ0n) is 13.6. The van der Waals surface area contributed by atoms with Crippen molar-refractivity contribution in [2.75, 3.05) is 42.3 Å². The van der Waals surface area contributed by atoms with E-state index in [4.69, 9.17) is 0 Å². The van der Waals surface area contributed by atoms with Gasteiger partial charge in [0.25, 0.3) is 0 Å². The molecule has 1 aromatic carbocycles. The molecular formula is C15H29N3O2. The molecule has 0 aliphatic heterocycles. The van der Waals surface area contributed by atoms with Crippen molar-refractivity contribution < 1.29 is 10.6 Å². The highest BCUT2D eigenvalue weighted by Crippen LogP contribution is 2.27. The average molecular weight is 283 g/mol. The van der Waals surface area contributed by atoms with E-state index < -0.39 is 0 Å². The van der Waals surface area contributed by atoms with Crippen LogP contribution < -0.4 is 0 Å². The second kappa shape index (κ2) is 8.21. The van der Waals surface area contributed by atoms with Crippen LogP contribution in [0.2, 0.25) is 0 Å². The van der Waals surface area contributed by atoms with Crippen molar-refractivity contribution in [2.45, 2.75) is 19.6 Å². The summed E-state index contributed by atoms with van der Waals surface area (Å²) >= 11 is 0. The average Bonchev–Trinajstić information content (AvgIpc) is 2.22. The fourth-order valence-electron chi connectivity index (χ4n) is 2.21. The van der Waals surface area contributed by atoms with Gasteiger partial charge in [-0.1, -0.05) is 0 Å². The van der Waals surface area contributed by atoms with Gasteiger partial charge in [0, 0.05) is 30.8 Å². The molecule has 0 unspecified atom stereocenters. The zero-order valence-corrected chi connectivity index (χ0v) is 13.6. The smallest absolute Gasteiger partial charge is 0.124 e. The summed E-state index contributed by atoms with van der Waals surface area (Å²) < 4.78 is 0. The minimum atomic E-state index is 0. The lowest BCUT2D eigenvalue weighted by molar-refractivity contribution is 0.365. The Balaban J connectivity index is 0.00000361. The Bertz CT molecular complexity index is 387. The van der Waals surface area contributed by atoms with Gasteiger partial charge in [-0.3, -0.25) is 0 Å². The van der Waals surface area contributed by atoms with Gasteiger partial charge < -0.3 is 25.3 Å². The molecule has 20 heavy (non-hydrogen) atoms. The maximum Gasteiger partial charge on any atom is 0.124 e. The molecule has 0 fully saturated rings. The van der Waals surface area contributed by atoms with E-state index >= 15 is 0 Å². The third-order valence-electron chi connectivity index (χ3n) is 2.80. The highest BCUT2D eigenvalue weighted by Gasteiger charge is 2.12. The molecule has 0 radical (unpaired) electrons. The summed E-state index contributed by atoms with van der Waals surface area (Å²) in [6.45, 7) is 2.40. The Morgan fingerprint density at radius 2 is 1.10 bits per heavy atom. The lowest BCUT2D eigenvalue weighted by atomic mass is 10.0. The third kappa shape index (κ3) is 5.88. The third-order valence-corrected chi connectivity index (χ3v) is 2.80. The molecule has 1 rings (SSSR count). The molecule has 0 saturated heterocycles. The van der Waals surface area contributed by atoms with Gasteiger partial charge in [-0.2, -0.15) is 0 Å². The first-order valence-corrected chi connectivity index (χ1v) is 6.57. The number of hydrogen-bond acceptors (Lipinski definition) is 4. The number of rotatable bonds is 6. The van der Waals surface area contributed by atoms with E-state index in [9.17, 15) is 5.11 Å². The van der Waals surface area contributed by atoms with E-state index in [0.717, 1.165) is 30.8 Å². The van der Waals surface area contributed by atoms with Crippen LogP contribution in [0.4, 0.5) is 0 Å². The van der Waals surface area contributed by atoms with Crippen LogP contribution >= 0.6 is 0 Å². The largest absolute Gasteiger partial charge is 0.507 e. The molecule has 116 valence electrons. The highest BCUT2D eigenvalue weighted by atomic mass is 16.3. The molecule has 0 saturated carbocycles. The molecule has 0 bridgehead atoms. The van der Waals surface area contributed by atoms with E-state index in [2.05, 4.69) is 40.9 Å². The lowest BCUT2D eigenvalue weighted by Crippen LogP contribution is -2.16. The monoisotopic (exact) mass is 283 g/mol. The molecule has 1 aromatic rings. The van der Waals surface area contributed by atoms with Gasteiger partial charge in [0.05, 0.1) is 0 Å². The first-order valence-electron chi connectivity index (χ1n) is 6.57. The molecule has 0 aromatic heterocycles. The van der Waals surface area contributed by atoms with E-state index in [-0.39, 0.29) is 5.48 Å². The molecule has 0 aliphatic carbocycles. The summed E-state index contributed by atoms with van der Waals surface area (Å²) in [6, 6.07) is 4.21. The van der Waals surface area contributed by atoms with Gasteiger partial charge in [-0.15, -0.1) is 0 Å². The molecule has 5 heteroatoms. The lowest BCUT2D eigenvalue weighted by Gasteiger charge is -2.19. The minimum Gasteiger partial charge on any atom is -0.507 e. The summed E-state index contributed by atoms with van der Waals surface area (Å²) in [7, 11) is 12.2. The number of phenols is 1. The Labute approximate surface area is 122 Å². The molecule has 0 amide bonds. The molecule has 0 spiro atoms. The van der Waals surface area contributed by atoms with Gasteiger partial charge in [-0.05, 0) is 60.0 Å². The van der Waals surface area contributed by atoms with Crippen molar-refractivity contribution in [1.29, 1.82) is 0 Å². The maximum absolute atomic E-state index is 10.4. The number of aromatic hydroxyl groups is 1. The summed E-state index contributed by atoms with van der Waals surface area (Å²) in [4.78, 5) is 6.30. The van der Waals surface area contributed by atoms with Crippen LogP contribution in [0.5, 0.6) is 5.75 Å². The van der Waals surface area contributed by atoms with E-state index in [0.29, 0.717) is 5.75 Å². The second-order valence-corrected chi connectivity index (χ2v) is 5.98. The predicted molar refractivity (Wildman–Crippen MR) is 83.9 cm³/mol. The molecule has 0 aliphatic rings. The first-order chi connectivity index (χ1) is 8.79. The molecule has 5 nitrogen and oxygen atoms in total. The Morgan fingerprint density at radius 1 is 0.750 bits per heavy atom. The molecule has 0 heterocycles. The fourth-order valence-corrected chi connectivity index (χ4v) is 2.21. The van der Waals surface area contributed by atoms with Crippen molar-refractivity contribution in [3.05, 3.63) is 28.8 Å². The van der Waals surface area contributed by atoms with Crippen molar-refractivity contribution in [1.82, 2.24) is 14.7 Å². The Morgan fingerprint density at radius 3 is 1.40 bits per heavy atom. The first kappa shape index (κ1) is 18.9. The van der Waals surface area contributed by atoms with Gasteiger partial charge in [0.1, 0.15) is 5.75 Å². The predicted octanol–water partition coefficient (Wildman–Crippen LogP) is 0.752. The normalized spacial score (nSPS) is 11.2. The number of benzene rings is 1. The fraction of sp³-hybridized carbons (Fsp3) is 0.600. The second-order valence-electron chi connectivity index (χ2n) is 5.98. The van der Waals surface area contributed by atoms with Crippen molar-refractivity contribution in [2.24, 2.45) is 0 Å². The molecular weight excluding hydrogens is 254 g/mol. The van der Waals surface area contributed by atoms with Crippen LogP contribution in [0, 0.1) is 0 Å². The SMILES string of the molecule is CN(C)Cc1cc(CN(C)C)c(O)c(CN(C)C)c1.O. The van der Waals surface area contributed by atoms with Crippen LogP contribution in [0.25, 0.3) is 0 Å². The Hall–Kier alpha value is -1.14. The van der Waals surface area contributed by atoms with Crippen LogP contribution in [0.3, 0.4) is 0 Å². The summed E-state index contributed by atoms with van der Waals surface area (Å²) in [5.74, 6) is 0.435. The van der Waals surface area contributed by atoms with Gasteiger partial charge in [0.15, 0.2) is 0 Å². The number of nitrogens with zero attached hydrogens (tertiary/aromatic N) is 3. The molecule has 0 atom stereocenters. The standard InChI is InChI=1S/C15H27N3O.H2O/c1-16(2)9-12-7-13(10-17(3)4)15(19)14(8-12)11-18(5)6;/h7-8,19H,9-11H2,1-6H3;1H2. The van der Waals surface area contributed by atoms with Crippen LogP contribution in [0.15, 0.2) is 12.1 Å². The van der Waals surface area contributed by atoms with Crippen LogP contribution in [0.1, 0.15) is 16.7 Å². The van der Waals surface area contributed by atoms with E-state index in [1.165, 1.54) is 5.56 Å². The summed E-state index contributed by atoms with van der Waals surface area (Å²) in [5, 5.41) is 10.4. The van der Waals surface area contributed by atoms with Gasteiger partial charge in [-0.25, -0.2) is 0 Å². The summed E-state index contributed by atoms with van der Waals surface area (Å²) in [5.41, 5.74) is 3.25. The molecule has 3 N–H and O–H groups in total. The van der Waals surface area contributed by atoms with Gasteiger partial charge >= 0.3 is 0 Å². The highest BCUT2D eigenvalue weighted by molar-refractivity contribution is 5.43. The van der Waals surface area contributed by atoms with Crippen molar-refractivity contribution in [3.63, 3.8) is 0 Å². The maximum atomic E-state index is 10.4. The van der Waals surface area contributed by atoms with E-state index in [1.54, 1.807) is 0 Å². The topological polar surface area (TPSA) is 61.5 Å². The van der Waals surface area contributed by atoms with E-state index in [1.807, 2.05) is 28.2 Å². The zero-order chi connectivity index (χ0) is 14.6. The number of phenolic OH excluding ortho intramolecular Hbond substituents is 1. The quantitative estimate of drug-likeness (QED) is 0.837. The minimum absolute atomic E-state index is 0. The van der Waals surface area contributed by atoms with Crippen molar-refractivity contribution >= 4 is 0 Å². The van der Waals surface area contributed by atoms with Crippen molar-refractivity contribution in [3.8, 4) is 5.75 Å². The van der Waals surface area contributed by atoms with Crippen LogP contribution in [-0.2, 0) is 19.6 Å². The van der Waals surface area contributed by atoms with Gasteiger partial charge in [0.2, 0.25) is 0 Å². The Kier molecular flexibility index (Phi) is 7.75. The summed E-state index contributed by atoms with van der Waals surface area (Å²) in [6.07, 6.45) is 0. The van der Waals surface area contributed by atoms with Crippen LogP contribution in [-0.4, -0.2) is 67.6 Å².